The van der Waals surface area contributed by atoms with E-state index >= 15 is 0 Å². The summed E-state index contributed by atoms with van der Waals surface area (Å²) in [5, 5.41) is 3.36. The van der Waals surface area contributed by atoms with Crippen molar-refractivity contribution in [3.05, 3.63) is 29.3 Å². The molecule has 0 heterocycles. The summed E-state index contributed by atoms with van der Waals surface area (Å²) in [6.07, 6.45) is 7.76. The zero-order valence-corrected chi connectivity index (χ0v) is 14.2. The molecule has 1 aromatic rings. The fraction of sp³-hybridized carbons (Fsp3) is 0.650. The van der Waals surface area contributed by atoms with Gasteiger partial charge in [0, 0.05) is 5.54 Å². The fourth-order valence-corrected chi connectivity index (χ4v) is 5.76. The second kappa shape index (κ2) is 5.54. The van der Waals surface area contributed by atoms with E-state index in [1.807, 2.05) is 12.1 Å². The summed E-state index contributed by atoms with van der Waals surface area (Å²) in [7, 11) is 0. The van der Waals surface area contributed by atoms with Crippen LogP contribution in [0.25, 0.3) is 0 Å². The molecule has 4 aliphatic carbocycles. The van der Waals surface area contributed by atoms with Gasteiger partial charge in [-0.1, -0.05) is 6.07 Å². The predicted octanol–water partition coefficient (Wildman–Crippen LogP) is 3.77. The summed E-state index contributed by atoms with van der Waals surface area (Å²) in [5.74, 6) is 3.39. The third-order valence-corrected chi connectivity index (χ3v) is 6.01. The van der Waals surface area contributed by atoms with Gasteiger partial charge in [0.05, 0.1) is 0 Å². The molecule has 1 amide bonds. The highest BCUT2D eigenvalue weighted by Gasteiger charge is 2.51. The molecule has 23 heavy (non-hydrogen) atoms. The van der Waals surface area contributed by atoms with Crippen LogP contribution in [0, 0.1) is 31.6 Å². The van der Waals surface area contributed by atoms with E-state index in [1.165, 1.54) is 49.7 Å². The monoisotopic (exact) mass is 313 g/mol. The lowest BCUT2D eigenvalue weighted by Crippen LogP contribution is -2.60. The van der Waals surface area contributed by atoms with Crippen LogP contribution in [-0.2, 0) is 4.79 Å². The predicted molar refractivity (Wildman–Crippen MR) is 90.5 cm³/mol. The lowest BCUT2D eigenvalue weighted by molar-refractivity contribution is -0.128. The Morgan fingerprint density at radius 2 is 1.57 bits per heavy atom. The van der Waals surface area contributed by atoms with Crippen LogP contribution < -0.4 is 10.1 Å². The van der Waals surface area contributed by atoms with Crippen molar-refractivity contribution >= 4 is 5.91 Å². The molecule has 0 radical (unpaired) electrons. The van der Waals surface area contributed by atoms with E-state index < -0.39 is 0 Å². The van der Waals surface area contributed by atoms with Gasteiger partial charge in [-0.15, -0.1) is 0 Å². The van der Waals surface area contributed by atoms with E-state index in [4.69, 9.17) is 4.74 Å². The van der Waals surface area contributed by atoms with Gasteiger partial charge in [-0.25, -0.2) is 0 Å². The Hall–Kier alpha value is -1.51. The third kappa shape index (κ3) is 3.11. The van der Waals surface area contributed by atoms with Gasteiger partial charge >= 0.3 is 0 Å². The number of aryl methyl sites for hydroxylation is 2. The number of benzene rings is 1. The number of carbonyl (C=O) groups is 1. The second-order valence-corrected chi connectivity index (χ2v) is 8.36. The largest absolute Gasteiger partial charge is 0.484 e. The molecule has 5 rings (SSSR count). The summed E-state index contributed by atoms with van der Waals surface area (Å²) < 4.78 is 5.73. The first kappa shape index (κ1) is 15.0. The SMILES string of the molecule is Cc1cc(C)cc(OCC(=O)NC23CC4CC(CC(C4)C2)C3)c1. The molecule has 3 nitrogen and oxygen atoms in total. The standard InChI is InChI=1S/C20H27NO2/c1-13-3-14(2)5-18(4-13)23-12-19(22)21-20-9-15-6-16(10-20)8-17(7-15)11-20/h3-5,15-17H,6-12H2,1-2H3,(H,21,22). The van der Waals surface area contributed by atoms with Gasteiger partial charge in [-0.2, -0.15) is 0 Å². The number of hydrogen-bond acceptors (Lipinski definition) is 2. The van der Waals surface area contributed by atoms with Crippen LogP contribution in [0.15, 0.2) is 18.2 Å². The molecule has 0 saturated heterocycles. The van der Waals surface area contributed by atoms with Crippen molar-refractivity contribution in [1.82, 2.24) is 5.32 Å². The number of nitrogens with one attached hydrogen (secondary N) is 1. The maximum absolute atomic E-state index is 12.4. The first-order chi connectivity index (χ1) is 11.0. The zero-order chi connectivity index (χ0) is 16.0. The van der Waals surface area contributed by atoms with Gasteiger partial charge in [-0.3, -0.25) is 4.79 Å². The molecule has 0 aromatic heterocycles. The Morgan fingerprint density at radius 1 is 1.04 bits per heavy atom. The highest BCUT2D eigenvalue weighted by molar-refractivity contribution is 5.78. The average Bonchev–Trinajstić information content (AvgIpc) is 2.42. The molecule has 3 heteroatoms. The third-order valence-electron chi connectivity index (χ3n) is 6.01. The number of rotatable bonds is 4. The maximum Gasteiger partial charge on any atom is 0.258 e. The molecule has 4 saturated carbocycles. The summed E-state index contributed by atoms with van der Waals surface area (Å²) in [6.45, 7) is 4.23. The summed E-state index contributed by atoms with van der Waals surface area (Å²) in [5.41, 5.74) is 2.42. The van der Waals surface area contributed by atoms with Crippen molar-refractivity contribution in [3.63, 3.8) is 0 Å². The van der Waals surface area contributed by atoms with E-state index in [2.05, 4.69) is 25.2 Å². The van der Waals surface area contributed by atoms with Gasteiger partial charge in [0.15, 0.2) is 6.61 Å². The molecule has 4 bridgehead atoms. The van der Waals surface area contributed by atoms with Crippen molar-refractivity contribution in [2.24, 2.45) is 17.8 Å². The maximum atomic E-state index is 12.4. The van der Waals surface area contributed by atoms with Gasteiger partial charge in [0.2, 0.25) is 0 Å². The van der Waals surface area contributed by atoms with E-state index in [0.717, 1.165) is 23.5 Å². The second-order valence-electron chi connectivity index (χ2n) is 8.36. The van der Waals surface area contributed by atoms with E-state index in [0.29, 0.717) is 0 Å². The number of ether oxygens (including phenoxy) is 1. The van der Waals surface area contributed by atoms with Crippen LogP contribution in [0.4, 0.5) is 0 Å². The lowest BCUT2D eigenvalue weighted by Gasteiger charge is -2.56. The number of amides is 1. The van der Waals surface area contributed by atoms with E-state index in [-0.39, 0.29) is 18.1 Å². The Balaban J connectivity index is 1.37. The van der Waals surface area contributed by atoms with Crippen molar-refractivity contribution in [2.45, 2.75) is 57.9 Å². The smallest absolute Gasteiger partial charge is 0.258 e. The Morgan fingerprint density at radius 3 is 2.09 bits per heavy atom. The number of carbonyl (C=O) groups excluding carboxylic acids is 1. The van der Waals surface area contributed by atoms with Crippen molar-refractivity contribution in [1.29, 1.82) is 0 Å². The Bertz CT molecular complexity index is 567. The average molecular weight is 313 g/mol. The quantitative estimate of drug-likeness (QED) is 0.919. The molecule has 0 unspecified atom stereocenters. The first-order valence-electron chi connectivity index (χ1n) is 9.02. The summed E-state index contributed by atoms with van der Waals surface area (Å²) in [4.78, 5) is 12.4. The van der Waals surface area contributed by atoms with Gasteiger partial charge in [0.25, 0.3) is 5.91 Å². The van der Waals surface area contributed by atoms with E-state index in [1.54, 1.807) is 0 Å². The molecule has 1 aromatic carbocycles. The van der Waals surface area contributed by atoms with Crippen LogP contribution in [-0.4, -0.2) is 18.1 Å². The van der Waals surface area contributed by atoms with Crippen LogP contribution in [0.2, 0.25) is 0 Å². The van der Waals surface area contributed by atoms with Crippen LogP contribution in [0.5, 0.6) is 5.75 Å². The van der Waals surface area contributed by atoms with Crippen LogP contribution in [0.1, 0.15) is 49.7 Å². The topological polar surface area (TPSA) is 38.3 Å². The van der Waals surface area contributed by atoms with Crippen molar-refractivity contribution < 1.29 is 9.53 Å². The highest BCUT2D eigenvalue weighted by Crippen LogP contribution is 2.55. The lowest BCUT2D eigenvalue weighted by atomic mass is 9.53. The minimum Gasteiger partial charge on any atom is -0.484 e. The molecule has 4 fully saturated rings. The molecule has 4 aliphatic rings. The first-order valence-corrected chi connectivity index (χ1v) is 9.02. The molecule has 0 spiro atoms. The van der Waals surface area contributed by atoms with Gasteiger partial charge in [-0.05, 0) is 93.4 Å². The van der Waals surface area contributed by atoms with Crippen LogP contribution >= 0.6 is 0 Å². The highest BCUT2D eigenvalue weighted by atomic mass is 16.5. The van der Waals surface area contributed by atoms with E-state index in [9.17, 15) is 4.79 Å². The molecular weight excluding hydrogens is 286 g/mol. The molecule has 1 N–H and O–H groups in total. The Kier molecular flexibility index (Phi) is 3.62. The molecule has 0 atom stereocenters. The number of hydrogen-bond donors (Lipinski definition) is 1. The van der Waals surface area contributed by atoms with Crippen molar-refractivity contribution in [2.75, 3.05) is 6.61 Å². The molecular formula is C20H27NO2. The Labute approximate surface area is 138 Å². The molecule has 0 aliphatic heterocycles. The molecule has 124 valence electrons. The minimum atomic E-state index is 0.0473. The summed E-state index contributed by atoms with van der Waals surface area (Å²) in [6, 6.07) is 6.10. The van der Waals surface area contributed by atoms with Crippen molar-refractivity contribution in [3.8, 4) is 5.75 Å². The summed E-state index contributed by atoms with van der Waals surface area (Å²) >= 11 is 0. The van der Waals surface area contributed by atoms with Crippen LogP contribution in [0.3, 0.4) is 0 Å². The zero-order valence-electron chi connectivity index (χ0n) is 14.2. The minimum absolute atomic E-state index is 0.0473. The fourth-order valence-electron chi connectivity index (χ4n) is 5.76. The van der Waals surface area contributed by atoms with Gasteiger partial charge < -0.3 is 10.1 Å². The van der Waals surface area contributed by atoms with Gasteiger partial charge in [0.1, 0.15) is 5.75 Å². The normalized spacial score (nSPS) is 34.4.